The molecule has 0 fully saturated rings. The highest BCUT2D eigenvalue weighted by Crippen LogP contribution is 2.36. The molecule has 4 rings (SSSR count). The lowest BCUT2D eigenvalue weighted by molar-refractivity contribution is -0.116. The Hall–Kier alpha value is -3.04. The summed E-state index contributed by atoms with van der Waals surface area (Å²) in [6.45, 7) is 4.14. The van der Waals surface area contributed by atoms with Gasteiger partial charge in [0.25, 0.3) is 0 Å². The van der Waals surface area contributed by atoms with Gasteiger partial charge in [-0.3, -0.25) is 4.79 Å². The Balaban J connectivity index is 1.62. The zero-order valence-electron chi connectivity index (χ0n) is 18.1. The normalized spacial score (nSPS) is 11.9. The van der Waals surface area contributed by atoms with Gasteiger partial charge in [-0.2, -0.15) is 0 Å². The van der Waals surface area contributed by atoms with Crippen molar-refractivity contribution in [2.24, 2.45) is 0 Å². The van der Waals surface area contributed by atoms with Gasteiger partial charge in [0.2, 0.25) is 5.91 Å². The second kappa shape index (κ2) is 8.84. The first-order chi connectivity index (χ1) is 15.2. The fraction of sp³-hybridized carbons (Fsp3) is 0.261. The van der Waals surface area contributed by atoms with Crippen LogP contribution in [0, 0.1) is 0 Å². The zero-order chi connectivity index (χ0) is 22.9. The van der Waals surface area contributed by atoms with Gasteiger partial charge in [0.15, 0.2) is 15.0 Å². The van der Waals surface area contributed by atoms with Crippen LogP contribution >= 0.6 is 11.3 Å². The first kappa shape index (κ1) is 22.2. The van der Waals surface area contributed by atoms with E-state index < -0.39 is 9.84 Å². The van der Waals surface area contributed by atoms with Crippen LogP contribution in [0.4, 0.5) is 5.13 Å². The van der Waals surface area contributed by atoms with E-state index in [0.29, 0.717) is 22.0 Å². The van der Waals surface area contributed by atoms with Crippen LogP contribution in [-0.2, 0) is 26.9 Å². The molecule has 0 bridgehead atoms. The molecule has 9 heteroatoms. The van der Waals surface area contributed by atoms with Crippen molar-refractivity contribution >= 4 is 43.2 Å². The van der Waals surface area contributed by atoms with Crippen molar-refractivity contribution in [3.05, 3.63) is 65.3 Å². The van der Waals surface area contributed by atoms with E-state index in [-0.39, 0.29) is 24.1 Å². The van der Waals surface area contributed by atoms with Gasteiger partial charge in [-0.15, -0.1) is 11.3 Å². The standard InChI is InChI=1S/C23H24N4O3S2/c1-15(2)22-21(16-9-5-4-6-10-16)26-23(31-22)25-20(28)13-27-18-12-8-7-11-17(18)24-19(27)14-32(3,29)30/h4-12,15H,13-14H2,1-3H3,(H,25,26,28). The van der Waals surface area contributed by atoms with Crippen LogP contribution in [0.25, 0.3) is 22.3 Å². The third kappa shape index (κ3) is 4.89. The van der Waals surface area contributed by atoms with Crippen LogP contribution in [0.1, 0.15) is 30.5 Å². The number of amides is 1. The number of carbonyl (C=O) groups is 1. The van der Waals surface area contributed by atoms with Crippen molar-refractivity contribution in [2.75, 3.05) is 11.6 Å². The van der Waals surface area contributed by atoms with E-state index in [4.69, 9.17) is 0 Å². The predicted octanol–water partition coefficient (Wildman–Crippen LogP) is 4.47. The third-order valence-electron chi connectivity index (χ3n) is 4.90. The zero-order valence-corrected chi connectivity index (χ0v) is 19.7. The van der Waals surface area contributed by atoms with Gasteiger partial charge in [-0.1, -0.05) is 56.3 Å². The molecule has 1 N–H and O–H groups in total. The number of para-hydroxylation sites is 2. The number of fused-ring (bicyclic) bond motifs is 1. The maximum Gasteiger partial charge on any atom is 0.246 e. The van der Waals surface area contributed by atoms with Gasteiger partial charge in [0.05, 0.1) is 16.7 Å². The van der Waals surface area contributed by atoms with Gasteiger partial charge in [-0.25, -0.2) is 18.4 Å². The number of thiazole rings is 1. The Morgan fingerprint density at radius 3 is 2.44 bits per heavy atom. The minimum absolute atomic E-state index is 0.0529. The van der Waals surface area contributed by atoms with E-state index in [1.54, 1.807) is 10.6 Å². The van der Waals surface area contributed by atoms with Crippen LogP contribution in [0.3, 0.4) is 0 Å². The number of benzene rings is 2. The number of hydrogen-bond acceptors (Lipinski definition) is 6. The van der Waals surface area contributed by atoms with Crippen LogP contribution < -0.4 is 5.32 Å². The molecule has 0 aliphatic rings. The highest BCUT2D eigenvalue weighted by molar-refractivity contribution is 7.89. The first-order valence-electron chi connectivity index (χ1n) is 10.2. The summed E-state index contributed by atoms with van der Waals surface area (Å²) in [7, 11) is -3.31. The molecule has 7 nitrogen and oxygen atoms in total. The van der Waals surface area contributed by atoms with Crippen molar-refractivity contribution in [3.8, 4) is 11.3 Å². The monoisotopic (exact) mass is 468 g/mol. The Bertz CT molecular complexity index is 1370. The van der Waals surface area contributed by atoms with Crippen LogP contribution in [0.15, 0.2) is 54.6 Å². The molecule has 2 aromatic carbocycles. The molecule has 166 valence electrons. The SMILES string of the molecule is CC(C)c1sc(NC(=O)Cn2c(CS(C)(=O)=O)nc3ccccc32)nc1-c1ccccc1. The number of anilines is 1. The van der Waals surface area contributed by atoms with E-state index in [9.17, 15) is 13.2 Å². The summed E-state index contributed by atoms with van der Waals surface area (Å²) in [5, 5.41) is 3.41. The second-order valence-electron chi connectivity index (χ2n) is 7.97. The average molecular weight is 469 g/mol. The molecule has 32 heavy (non-hydrogen) atoms. The van der Waals surface area contributed by atoms with Crippen LogP contribution in [0.5, 0.6) is 0 Å². The van der Waals surface area contributed by atoms with Gasteiger partial charge in [-0.05, 0) is 18.1 Å². The first-order valence-corrected chi connectivity index (χ1v) is 13.1. The lowest BCUT2D eigenvalue weighted by Crippen LogP contribution is -2.21. The number of hydrogen-bond donors (Lipinski definition) is 1. The van der Waals surface area contributed by atoms with E-state index in [1.165, 1.54) is 11.3 Å². The topological polar surface area (TPSA) is 94.0 Å². The molecule has 0 radical (unpaired) electrons. The summed E-state index contributed by atoms with van der Waals surface area (Å²) >= 11 is 1.46. The Labute approximate surface area is 191 Å². The Morgan fingerprint density at radius 2 is 1.75 bits per heavy atom. The third-order valence-corrected chi connectivity index (χ3v) is 6.95. The lowest BCUT2D eigenvalue weighted by atomic mass is 10.1. The average Bonchev–Trinajstić information content (AvgIpc) is 3.29. The fourth-order valence-corrected chi connectivity index (χ4v) is 5.22. The van der Waals surface area contributed by atoms with Crippen LogP contribution in [-0.4, -0.2) is 35.1 Å². The number of aromatic nitrogens is 3. The number of rotatable bonds is 7. The molecule has 0 atom stereocenters. The summed E-state index contributed by atoms with van der Waals surface area (Å²) in [6, 6.07) is 17.2. The smallest absolute Gasteiger partial charge is 0.246 e. The maximum atomic E-state index is 12.9. The van der Waals surface area contributed by atoms with E-state index >= 15 is 0 Å². The quantitative estimate of drug-likeness (QED) is 0.432. The molecule has 4 aromatic rings. The van der Waals surface area contributed by atoms with Gasteiger partial charge < -0.3 is 9.88 Å². The summed E-state index contributed by atoms with van der Waals surface area (Å²) in [4.78, 5) is 23.1. The van der Waals surface area contributed by atoms with E-state index in [2.05, 4.69) is 29.1 Å². The Morgan fingerprint density at radius 1 is 1.06 bits per heavy atom. The number of carbonyl (C=O) groups excluding carboxylic acids is 1. The minimum Gasteiger partial charge on any atom is -0.318 e. The number of nitrogens with zero attached hydrogens (tertiary/aromatic N) is 3. The summed E-state index contributed by atoms with van der Waals surface area (Å²) in [6.07, 6.45) is 1.16. The van der Waals surface area contributed by atoms with E-state index in [0.717, 1.165) is 22.4 Å². The van der Waals surface area contributed by atoms with Crippen molar-refractivity contribution < 1.29 is 13.2 Å². The highest BCUT2D eigenvalue weighted by atomic mass is 32.2. The van der Waals surface area contributed by atoms with E-state index in [1.807, 2.05) is 48.5 Å². The summed E-state index contributed by atoms with van der Waals surface area (Å²) < 4.78 is 25.4. The number of sulfone groups is 1. The number of nitrogens with one attached hydrogen (secondary N) is 1. The summed E-state index contributed by atoms with van der Waals surface area (Å²) in [5.74, 6) is 0.0803. The molecule has 0 aliphatic carbocycles. The van der Waals surface area contributed by atoms with Gasteiger partial charge in [0, 0.05) is 16.7 Å². The van der Waals surface area contributed by atoms with Crippen LogP contribution in [0.2, 0.25) is 0 Å². The largest absolute Gasteiger partial charge is 0.318 e. The molecule has 0 saturated carbocycles. The molecule has 2 aromatic heterocycles. The van der Waals surface area contributed by atoms with Gasteiger partial charge >= 0.3 is 0 Å². The number of imidazole rings is 1. The van der Waals surface area contributed by atoms with Crippen molar-refractivity contribution in [2.45, 2.75) is 32.1 Å². The molecule has 1 amide bonds. The molecule has 0 saturated heterocycles. The Kier molecular flexibility index (Phi) is 6.12. The maximum absolute atomic E-state index is 12.9. The molecule has 0 unspecified atom stereocenters. The van der Waals surface area contributed by atoms with Crippen molar-refractivity contribution in [1.82, 2.24) is 14.5 Å². The molecule has 0 spiro atoms. The fourth-order valence-electron chi connectivity index (χ4n) is 3.53. The highest BCUT2D eigenvalue weighted by Gasteiger charge is 2.20. The summed E-state index contributed by atoms with van der Waals surface area (Å²) in [5.41, 5.74) is 3.24. The minimum atomic E-state index is -3.31. The predicted molar refractivity (Wildman–Crippen MR) is 129 cm³/mol. The molecular formula is C23H24N4O3S2. The molecule has 0 aliphatic heterocycles. The lowest BCUT2D eigenvalue weighted by Gasteiger charge is -2.08. The second-order valence-corrected chi connectivity index (χ2v) is 11.1. The van der Waals surface area contributed by atoms with Gasteiger partial charge in [0.1, 0.15) is 18.1 Å². The molecular weight excluding hydrogens is 444 g/mol. The molecule has 2 heterocycles. The van der Waals surface area contributed by atoms with Crippen molar-refractivity contribution in [3.63, 3.8) is 0 Å². The van der Waals surface area contributed by atoms with Crippen molar-refractivity contribution in [1.29, 1.82) is 0 Å².